The Labute approximate surface area is 244 Å². The van der Waals surface area contributed by atoms with Crippen LogP contribution in [0.4, 0.5) is 0 Å². The highest BCUT2D eigenvalue weighted by molar-refractivity contribution is 5.91. The summed E-state index contributed by atoms with van der Waals surface area (Å²) in [6.45, 7) is 7.41. The minimum absolute atomic E-state index is 0.166. The summed E-state index contributed by atoms with van der Waals surface area (Å²) in [6.07, 6.45) is 21.0. The maximum atomic E-state index is 12.6. The third-order valence-electron chi connectivity index (χ3n) is 8.39. The molecule has 0 saturated heterocycles. The second-order valence-electron chi connectivity index (χ2n) is 11.8. The second kappa shape index (κ2) is 18.8. The molecule has 4 heteroatoms. The van der Waals surface area contributed by atoms with Gasteiger partial charge in [-0.1, -0.05) is 90.9 Å². The first kappa shape index (κ1) is 32.0. The molecule has 2 aromatic carbocycles. The van der Waals surface area contributed by atoms with Crippen molar-refractivity contribution < 1.29 is 19.0 Å². The first-order chi connectivity index (χ1) is 19.6. The van der Waals surface area contributed by atoms with E-state index in [1.807, 2.05) is 24.3 Å². The highest BCUT2D eigenvalue weighted by atomic mass is 16.5. The van der Waals surface area contributed by atoms with E-state index in [0.29, 0.717) is 11.3 Å². The molecular formula is C36H54O4. The van der Waals surface area contributed by atoms with Gasteiger partial charge in [-0.2, -0.15) is 0 Å². The molecule has 0 N–H and O–H groups in total. The average Bonchev–Trinajstić information content (AvgIpc) is 2.97. The van der Waals surface area contributed by atoms with Crippen LogP contribution < -0.4 is 14.2 Å². The van der Waals surface area contributed by atoms with Gasteiger partial charge in [0, 0.05) is 0 Å². The number of unbranched alkanes of at least 4 members (excludes halogenated alkanes) is 6. The Morgan fingerprint density at radius 3 is 2.00 bits per heavy atom. The zero-order chi connectivity index (χ0) is 28.4. The smallest absolute Gasteiger partial charge is 0.343 e. The highest BCUT2D eigenvalue weighted by Crippen LogP contribution is 2.36. The van der Waals surface area contributed by atoms with Crippen molar-refractivity contribution in [2.75, 3.05) is 6.61 Å². The number of ether oxygens (including phenoxy) is 3. The molecule has 4 nitrogen and oxygen atoms in total. The number of carbonyl (C=O) groups excluding carboxylic acids is 1. The van der Waals surface area contributed by atoms with Crippen molar-refractivity contribution in [3.63, 3.8) is 0 Å². The lowest BCUT2D eigenvalue weighted by Gasteiger charge is -2.31. The Balaban J connectivity index is 1.33. The molecule has 1 aliphatic carbocycles. The van der Waals surface area contributed by atoms with Crippen molar-refractivity contribution in [2.45, 2.75) is 130 Å². The van der Waals surface area contributed by atoms with Gasteiger partial charge in [-0.25, -0.2) is 4.79 Å². The van der Waals surface area contributed by atoms with Gasteiger partial charge >= 0.3 is 5.97 Å². The van der Waals surface area contributed by atoms with Crippen LogP contribution in [0, 0.1) is 11.8 Å². The van der Waals surface area contributed by atoms with Gasteiger partial charge in [0.15, 0.2) is 0 Å². The second-order valence-corrected chi connectivity index (χ2v) is 11.8. The van der Waals surface area contributed by atoms with Crippen LogP contribution in [0.25, 0.3) is 0 Å². The van der Waals surface area contributed by atoms with Crippen molar-refractivity contribution in [1.82, 2.24) is 0 Å². The van der Waals surface area contributed by atoms with E-state index in [4.69, 9.17) is 14.2 Å². The van der Waals surface area contributed by atoms with Gasteiger partial charge in [0.05, 0.1) is 18.3 Å². The molecule has 0 radical (unpaired) electrons. The predicted octanol–water partition coefficient (Wildman–Crippen LogP) is 10.6. The average molecular weight is 551 g/mol. The standard InChI is InChI=1S/C36H54O4/c1-4-6-7-8-9-10-11-16-29(3)39-34-22-20-32(21-23-34)36(37)40-35-26-24-33(25-27-35)38-28-14-19-31-18-13-12-17-30(31)15-5-2/h20-27,29-31H,4-19,28H2,1-3H3. The molecule has 3 rings (SSSR count). The zero-order valence-corrected chi connectivity index (χ0v) is 25.5. The number of carbonyl (C=O) groups is 1. The summed E-state index contributed by atoms with van der Waals surface area (Å²) in [5.41, 5.74) is 0.511. The van der Waals surface area contributed by atoms with Crippen molar-refractivity contribution >= 4 is 5.97 Å². The first-order valence-corrected chi connectivity index (χ1v) is 16.3. The molecule has 0 amide bonds. The van der Waals surface area contributed by atoms with E-state index >= 15 is 0 Å². The lowest BCUT2D eigenvalue weighted by atomic mass is 9.75. The molecule has 0 bridgehead atoms. The molecule has 3 unspecified atom stereocenters. The summed E-state index contributed by atoms with van der Waals surface area (Å²) in [5.74, 6) is 3.55. The maximum absolute atomic E-state index is 12.6. The van der Waals surface area contributed by atoms with Gasteiger partial charge in [-0.05, 0) is 93.0 Å². The van der Waals surface area contributed by atoms with Crippen LogP contribution >= 0.6 is 0 Å². The van der Waals surface area contributed by atoms with E-state index in [9.17, 15) is 4.79 Å². The lowest BCUT2D eigenvalue weighted by Crippen LogP contribution is -2.20. The largest absolute Gasteiger partial charge is 0.494 e. The highest BCUT2D eigenvalue weighted by Gasteiger charge is 2.23. The molecular weight excluding hydrogens is 496 g/mol. The molecule has 0 aromatic heterocycles. The third kappa shape index (κ3) is 11.9. The van der Waals surface area contributed by atoms with Gasteiger partial charge in [0.2, 0.25) is 0 Å². The van der Waals surface area contributed by atoms with Gasteiger partial charge < -0.3 is 14.2 Å². The number of esters is 1. The van der Waals surface area contributed by atoms with E-state index in [1.54, 1.807) is 24.3 Å². The Bertz CT molecular complexity index is 934. The van der Waals surface area contributed by atoms with E-state index < -0.39 is 0 Å². The van der Waals surface area contributed by atoms with Gasteiger partial charge in [0.25, 0.3) is 0 Å². The molecule has 0 aliphatic heterocycles. The minimum atomic E-state index is -0.370. The Morgan fingerprint density at radius 2 is 1.32 bits per heavy atom. The molecule has 0 heterocycles. The number of benzene rings is 2. The van der Waals surface area contributed by atoms with Crippen LogP contribution in [-0.2, 0) is 0 Å². The van der Waals surface area contributed by atoms with Crippen molar-refractivity contribution in [2.24, 2.45) is 11.8 Å². The topological polar surface area (TPSA) is 44.8 Å². The summed E-state index contributed by atoms with van der Waals surface area (Å²) in [4.78, 5) is 12.6. The summed E-state index contributed by atoms with van der Waals surface area (Å²) >= 11 is 0. The fourth-order valence-corrected chi connectivity index (χ4v) is 6.07. The van der Waals surface area contributed by atoms with Crippen LogP contribution in [0.2, 0.25) is 0 Å². The first-order valence-electron chi connectivity index (χ1n) is 16.3. The predicted molar refractivity (Wildman–Crippen MR) is 166 cm³/mol. The van der Waals surface area contributed by atoms with Crippen molar-refractivity contribution in [1.29, 1.82) is 0 Å². The van der Waals surface area contributed by atoms with Crippen LogP contribution in [0.5, 0.6) is 17.2 Å². The molecule has 2 aromatic rings. The zero-order valence-electron chi connectivity index (χ0n) is 25.5. The fraction of sp³-hybridized carbons (Fsp3) is 0.639. The fourth-order valence-electron chi connectivity index (χ4n) is 6.07. The number of rotatable bonds is 19. The Hall–Kier alpha value is -2.49. The molecule has 222 valence electrons. The van der Waals surface area contributed by atoms with Gasteiger partial charge in [0.1, 0.15) is 17.2 Å². The van der Waals surface area contributed by atoms with Crippen LogP contribution in [0.1, 0.15) is 134 Å². The van der Waals surface area contributed by atoms with E-state index in [0.717, 1.165) is 42.8 Å². The van der Waals surface area contributed by atoms with Crippen LogP contribution in [0.3, 0.4) is 0 Å². The van der Waals surface area contributed by atoms with E-state index in [-0.39, 0.29) is 12.1 Å². The maximum Gasteiger partial charge on any atom is 0.343 e. The lowest BCUT2D eigenvalue weighted by molar-refractivity contribution is 0.0734. The monoisotopic (exact) mass is 550 g/mol. The Morgan fingerprint density at radius 1 is 0.725 bits per heavy atom. The summed E-state index contributed by atoms with van der Waals surface area (Å²) in [5, 5.41) is 0. The van der Waals surface area contributed by atoms with E-state index in [1.165, 1.54) is 89.9 Å². The van der Waals surface area contributed by atoms with Crippen molar-refractivity contribution in [3.05, 3.63) is 54.1 Å². The van der Waals surface area contributed by atoms with Crippen molar-refractivity contribution in [3.8, 4) is 17.2 Å². The molecule has 0 spiro atoms. The number of hydrogen-bond acceptors (Lipinski definition) is 4. The quantitative estimate of drug-likeness (QED) is 0.0991. The van der Waals surface area contributed by atoms with Gasteiger partial charge in [-0.3, -0.25) is 0 Å². The molecule has 1 saturated carbocycles. The molecule has 40 heavy (non-hydrogen) atoms. The van der Waals surface area contributed by atoms with Crippen LogP contribution in [-0.4, -0.2) is 18.7 Å². The SMILES string of the molecule is CCCCCCCCCC(C)Oc1ccc(C(=O)Oc2ccc(OCCCC3CCCCC3CCC)cc2)cc1. The molecule has 3 atom stereocenters. The summed E-state index contributed by atoms with van der Waals surface area (Å²) in [6, 6.07) is 14.6. The number of hydrogen-bond donors (Lipinski definition) is 0. The minimum Gasteiger partial charge on any atom is -0.494 e. The summed E-state index contributed by atoms with van der Waals surface area (Å²) in [7, 11) is 0. The Kier molecular flexibility index (Phi) is 15.0. The van der Waals surface area contributed by atoms with Crippen LogP contribution in [0.15, 0.2) is 48.5 Å². The molecule has 1 aliphatic rings. The normalized spacial score (nSPS) is 17.8. The van der Waals surface area contributed by atoms with Gasteiger partial charge in [-0.15, -0.1) is 0 Å². The third-order valence-corrected chi connectivity index (χ3v) is 8.39. The molecule has 1 fully saturated rings. The summed E-state index contributed by atoms with van der Waals surface area (Å²) < 4.78 is 17.6. The van der Waals surface area contributed by atoms with E-state index in [2.05, 4.69) is 20.8 Å².